The molecule has 0 aromatic rings. The fourth-order valence-corrected chi connectivity index (χ4v) is 4.21. The summed E-state index contributed by atoms with van der Waals surface area (Å²) in [6.07, 6.45) is 8.44. The number of nitriles is 1. The van der Waals surface area contributed by atoms with Crippen LogP contribution in [-0.2, 0) is 9.47 Å². The van der Waals surface area contributed by atoms with Crippen molar-refractivity contribution >= 4 is 5.71 Å². The van der Waals surface area contributed by atoms with Gasteiger partial charge in [0, 0.05) is 0 Å². The standard InChI is InChI=1S/C14H18N2O2/c15-9-14(13(18-14)7-3-4-8-13)10(16)11-12(17-11)5-1-2-6-12/h11,16H,1-8H2. The Balaban J connectivity index is 1.57. The Morgan fingerprint density at radius 3 is 2.33 bits per heavy atom. The lowest BCUT2D eigenvalue weighted by Crippen LogP contribution is -2.36. The molecule has 2 unspecified atom stereocenters. The fraction of sp³-hybridized carbons (Fsp3) is 0.857. The van der Waals surface area contributed by atoms with Gasteiger partial charge in [-0.05, 0) is 25.7 Å². The van der Waals surface area contributed by atoms with Crippen molar-refractivity contribution in [3.05, 3.63) is 0 Å². The molecular weight excluding hydrogens is 228 g/mol. The van der Waals surface area contributed by atoms with Crippen LogP contribution in [-0.4, -0.2) is 28.6 Å². The molecule has 2 heterocycles. The lowest BCUT2D eigenvalue weighted by molar-refractivity contribution is 0.292. The van der Waals surface area contributed by atoms with Crippen molar-refractivity contribution in [2.75, 3.05) is 0 Å². The summed E-state index contributed by atoms with van der Waals surface area (Å²) >= 11 is 0. The summed E-state index contributed by atoms with van der Waals surface area (Å²) in [7, 11) is 0. The molecular formula is C14H18N2O2. The van der Waals surface area contributed by atoms with Crippen molar-refractivity contribution in [2.45, 2.75) is 74.3 Å². The van der Waals surface area contributed by atoms with E-state index in [2.05, 4.69) is 6.07 Å². The van der Waals surface area contributed by atoms with Gasteiger partial charge >= 0.3 is 0 Å². The summed E-state index contributed by atoms with van der Waals surface area (Å²) in [4.78, 5) is 0. The highest BCUT2D eigenvalue weighted by Crippen LogP contribution is 2.62. The van der Waals surface area contributed by atoms with Gasteiger partial charge in [0.05, 0.1) is 5.71 Å². The molecule has 0 aromatic heterocycles. The topological polar surface area (TPSA) is 72.7 Å². The summed E-state index contributed by atoms with van der Waals surface area (Å²) in [5.41, 5.74) is -0.953. The highest BCUT2D eigenvalue weighted by Gasteiger charge is 2.78. The normalized spacial score (nSPS) is 42.1. The largest absolute Gasteiger partial charge is 0.360 e. The summed E-state index contributed by atoms with van der Waals surface area (Å²) in [5, 5.41) is 17.9. The Morgan fingerprint density at radius 2 is 1.72 bits per heavy atom. The number of hydrogen-bond acceptors (Lipinski definition) is 4. The van der Waals surface area contributed by atoms with Crippen LogP contribution in [0.15, 0.2) is 0 Å². The SMILES string of the molecule is N#CC1(C(=N)C2OC23CCCC3)OC12CCCC2. The molecule has 4 aliphatic rings. The van der Waals surface area contributed by atoms with Gasteiger partial charge in [0.1, 0.15) is 23.4 Å². The van der Waals surface area contributed by atoms with E-state index < -0.39 is 5.60 Å². The summed E-state index contributed by atoms with van der Waals surface area (Å²) in [5.74, 6) is 0. The third kappa shape index (κ3) is 1.10. The maximum Gasteiger partial charge on any atom is 0.224 e. The molecule has 0 aromatic carbocycles. The third-order valence-corrected chi connectivity index (χ3v) is 5.38. The van der Waals surface area contributed by atoms with E-state index in [1.165, 1.54) is 12.8 Å². The van der Waals surface area contributed by atoms with Crippen molar-refractivity contribution in [3.8, 4) is 6.07 Å². The van der Waals surface area contributed by atoms with Gasteiger partial charge in [0.15, 0.2) is 0 Å². The van der Waals surface area contributed by atoms with Gasteiger partial charge < -0.3 is 14.9 Å². The Kier molecular flexibility index (Phi) is 1.92. The first kappa shape index (κ1) is 11.0. The van der Waals surface area contributed by atoms with Crippen LogP contribution in [0.25, 0.3) is 0 Å². The van der Waals surface area contributed by atoms with E-state index >= 15 is 0 Å². The number of nitrogens with one attached hydrogen (secondary N) is 1. The molecule has 4 nitrogen and oxygen atoms in total. The molecule has 0 radical (unpaired) electrons. The average molecular weight is 246 g/mol. The molecule has 4 heteroatoms. The molecule has 2 saturated heterocycles. The van der Waals surface area contributed by atoms with Gasteiger partial charge in [-0.25, -0.2) is 0 Å². The van der Waals surface area contributed by atoms with E-state index in [4.69, 9.17) is 14.9 Å². The van der Waals surface area contributed by atoms with Crippen LogP contribution in [0.4, 0.5) is 0 Å². The van der Waals surface area contributed by atoms with E-state index in [1.807, 2.05) is 0 Å². The van der Waals surface area contributed by atoms with E-state index in [0.29, 0.717) is 5.71 Å². The zero-order chi connectivity index (χ0) is 12.4. The minimum absolute atomic E-state index is 0.0906. The summed E-state index contributed by atoms with van der Waals surface area (Å²) in [6, 6.07) is 2.29. The minimum atomic E-state index is -0.944. The predicted octanol–water partition coefficient (Wildman–Crippen LogP) is 2.32. The number of epoxide rings is 2. The Labute approximate surface area is 107 Å². The molecule has 2 aliphatic heterocycles. The number of rotatable bonds is 2. The lowest BCUT2D eigenvalue weighted by atomic mass is 9.84. The molecule has 1 N–H and O–H groups in total. The number of nitrogens with zero attached hydrogens (tertiary/aromatic N) is 1. The van der Waals surface area contributed by atoms with Crippen LogP contribution in [0.2, 0.25) is 0 Å². The second kappa shape index (κ2) is 3.15. The maximum absolute atomic E-state index is 9.49. The molecule has 96 valence electrons. The maximum atomic E-state index is 9.49. The molecule has 0 bridgehead atoms. The van der Waals surface area contributed by atoms with E-state index in [9.17, 15) is 5.26 Å². The fourth-order valence-electron chi connectivity index (χ4n) is 4.21. The zero-order valence-electron chi connectivity index (χ0n) is 10.5. The number of hydrogen-bond donors (Lipinski definition) is 1. The molecule has 2 spiro atoms. The zero-order valence-corrected chi connectivity index (χ0v) is 10.5. The van der Waals surface area contributed by atoms with Gasteiger partial charge in [-0.2, -0.15) is 5.26 Å². The van der Waals surface area contributed by atoms with Crippen molar-refractivity contribution < 1.29 is 9.47 Å². The van der Waals surface area contributed by atoms with Crippen LogP contribution in [0.3, 0.4) is 0 Å². The minimum Gasteiger partial charge on any atom is -0.360 e. The number of ether oxygens (including phenoxy) is 2. The van der Waals surface area contributed by atoms with Crippen LogP contribution in [0.1, 0.15) is 51.4 Å². The highest BCUT2D eigenvalue weighted by atomic mass is 16.6. The van der Waals surface area contributed by atoms with E-state index in [0.717, 1.165) is 38.5 Å². The van der Waals surface area contributed by atoms with E-state index in [1.54, 1.807) is 0 Å². The molecule has 0 amide bonds. The van der Waals surface area contributed by atoms with Crippen LogP contribution in [0.5, 0.6) is 0 Å². The smallest absolute Gasteiger partial charge is 0.224 e. The Morgan fingerprint density at radius 1 is 1.11 bits per heavy atom. The molecule has 2 atom stereocenters. The predicted molar refractivity (Wildman–Crippen MR) is 64.4 cm³/mol. The third-order valence-electron chi connectivity index (χ3n) is 5.38. The van der Waals surface area contributed by atoms with Crippen molar-refractivity contribution in [2.24, 2.45) is 0 Å². The monoisotopic (exact) mass is 246 g/mol. The second-order valence-corrected chi connectivity index (χ2v) is 6.28. The van der Waals surface area contributed by atoms with Crippen molar-refractivity contribution in [1.29, 1.82) is 10.7 Å². The van der Waals surface area contributed by atoms with Crippen LogP contribution >= 0.6 is 0 Å². The summed E-state index contributed by atoms with van der Waals surface area (Å²) in [6.45, 7) is 0. The summed E-state index contributed by atoms with van der Waals surface area (Å²) < 4.78 is 11.6. The first-order chi connectivity index (χ1) is 8.68. The molecule has 2 aliphatic carbocycles. The molecule has 2 saturated carbocycles. The first-order valence-corrected chi connectivity index (χ1v) is 7.06. The lowest BCUT2D eigenvalue weighted by Gasteiger charge is -2.10. The highest BCUT2D eigenvalue weighted by molar-refractivity contribution is 6.03. The first-order valence-electron chi connectivity index (χ1n) is 7.06. The molecule has 4 rings (SSSR count). The van der Waals surface area contributed by atoms with Gasteiger partial charge in [-0.1, -0.05) is 25.7 Å². The quantitative estimate of drug-likeness (QED) is 0.600. The molecule has 18 heavy (non-hydrogen) atoms. The van der Waals surface area contributed by atoms with E-state index in [-0.39, 0.29) is 17.3 Å². The van der Waals surface area contributed by atoms with Gasteiger partial charge in [-0.15, -0.1) is 0 Å². The van der Waals surface area contributed by atoms with Gasteiger partial charge in [0.25, 0.3) is 0 Å². The van der Waals surface area contributed by atoms with Crippen LogP contribution < -0.4 is 0 Å². The van der Waals surface area contributed by atoms with Crippen molar-refractivity contribution in [3.63, 3.8) is 0 Å². The van der Waals surface area contributed by atoms with Gasteiger partial charge in [-0.3, -0.25) is 0 Å². The average Bonchev–Trinajstić information content (AvgIpc) is 3.00. The Hall–Kier alpha value is -0.920. The van der Waals surface area contributed by atoms with Crippen molar-refractivity contribution in [1.82, 2.24) is 0 Å². The van der Waals surface area contributed by atoms with Crippen LogP contribution in [0, 0.1) is 16.7 Å². The van der Waals surface area contributed by atoms with Gasteiger partial charge in [0.2, 0.25) is 5.60 Å². The molecule has 4 fully saturated rings. The second-order valence-electron chi connectivity index (χ2n) is 6.28. The Bertz CT molecular complexity index is 455.